The summed E-state index contributed by atoms with van der Waals surface area (Å²) in [7, 11) is 1.78. The Labute approximate surface area is 111 Å². The summed E-state index contributed by atoms with van der Waals surface area (Å²) in [5.41, 5.74) is 0.681. The lowest BCUT2D eigenvalue weighted by Gasteiger charge is -2.15. The molecule has 0 bridgehead atoms. The highest BCUT2D eigenvalue weighted by atomic mass is 16.5. The molecule has 1 aromatic heterocycles. The van der Waals surface area contributed by atoms with Crippen LogP contribution in [-0.4, -0.2) is 35.8 Å². The van der Waals surface area contributed by atoms with Crippen LogP contribution in [0, 0.1) is 0 Å². The topological polar surface area (TPSA) is 71.5 Å². The number of benzene rings is 1. The summed E-state index contributed by atoms with van der Waals surface area (Å²) >= 11 is 0. The molecule has 5 heteroatoms. The first-order chi connectivity index (χ1) is 9.22. The summed E-state index contributed by atoms with van der Waals surface area (Å²) in [4.78, 5) is 15.4. The van der Waals surface area contributed by atoms with Crippen molar-refractivity contribution in [3.05, 3.63) is 36.5 Å². The van der Waals surface area contributed by atoms with Crippen molar-refractivity contribution < 1.29 is 14.6 Å². The molecule has 1 atom stereocenters. The maximum Gasteiger partial charge on any atom is 0.344 e. The Balaban J connectivity index is 2.26. The van der Waals surface area contributed by atoms with E-state index in [2.05, 4.69) is 10.3 Å². The van der Waals surface area contributed by atoms with Crippen LogP contribution in [0.25, 0.3) is 10.9 Å². The summed E-state index contributed by atoms with van der Waals surface area (Å²) in [6.07, 6.45) is 1.19. The normalized spacial score (nSPS) is 12.3. The van der Waals surface area contributed by atoms with Gasteiger partial charge in [-0.05, 0) is 25.7 Å². The number of nitrogens with zero attached hydrogens (tertiary/aromatic N) is 1. The molecule has 2 aromatic rings. The van der Waals surface area contributed by atoms with Crippen molar-refractivity contribution in [2.75, 3.05) is 13.6 Å². The average molecular weight is 260 g/mol. The largest absolute Gasteiger partial charge is 0.479 e. The highest BCUT2D eigenvalue weighted by Crippen LogP contribution is 2.24. The van der Waals surface area contributed by atoms with Crippen LogP contribution in [0.2, 0.25) is 0 Å². The van der Waals surface area contributed by atoms with Gasteiger partial charge in [-0.3, -0.25) is 4.98 Å². The number of rotatable bonds is 6. The number of fused-ring (bicyclic) bond motifs is 1. The van der Waals surface area contributed by atoms with E-state index in [9.17, 15) is 4.79 Å². The van der Waals surface area contributed by atoms with Gasteiger partial charge in [0.05, 0.1) is 0 Å². The fourth-order valence-electron chi connectivity index (χ4n) is 1.83. The molecule has 0 fully saturated rings. The number of ether oxygens (including phenoxy) is 1. The standard InChI is InChI=1S/C14H16N2O3/c1-15-9-7-12(14(17)18)19-11-6-2-4-10-5-3-8-16-13(10)11/h2-6,8,12,15H,7,9H2,1H3,(H,17,18). The van der Waals surface area contributed by atoms with Crippen molar-refractivity contribution in [3.8, 4) is 5.75 Å². The molecular weight excluding hydrogens is 244 g/mol. The van der Waals surface area contributed by atoms with Crippen LogP contribution in [0.4, 0.5) is 0 Å². The van der Waals surface area contributed by atoms with Crippen molar-refractivity contribution in [3.63, 3.8) is 0 Å². The van der Waals surface area contributed by atoms with Gasteiger partial charge in [-0.1, -0.05) is 18.2 Å². The van der Waals surface area contributed by atoms with Crippen LogP contribution in [0.1, 0.15) is 6.42 Å². The van der Waals surface area contributed by atoms with Gasteiger partial charge in [-0.25, -0.2) is 4.79 Å². The molecular formula is C14H16N2O3. The highest BCUT2D eigenvalue weighted by Gasteiger charge is 2.19. The molecule has 0 saturated heterocycles. The van der Waals surface area contributed by atoms with Gasteiger partial charge in [0.25, 0.3) is 0 Å². The quantitative estimate of drug-likeness (QED) is 0.826. The second kappa shape index (κ2) is 6.15. The molecule has 0 radical (unpaired) electrons. The molecule has 0 aliphatic rings. The molecule has 0 amide bonds. The summed E-state index contributed by atoms with van der Waals surface area (Å²) in [6.45, 7) is 0.579. The molecule has 2 N–H and O–H groups in total. The maximum atomic E-state index is 11.2. The number of carboxylic acids is 1. The van der Waals surface area contributed by atoms with Crippen LogP contribution < -0.4 is 10.1 Å². The monoisotopic (exact) mass is 260 g/mol. The van der Waals surface area contributed by atoms with E-state index in [1.54, 1.807) is 19.3 Å². The minimum absolute atomic E-state index is 0.398. The van der Waals surface area contributed by atoms with Crippen molar-refractivity contribution in [1.82, 2.24) is 10.3 Å². The SMILES string of the molecule is CNCCC(Oc1cccc2cccnc12)C(=O)O. The molecule has 19 heavy (non-hydrogen) atoms. The Morgan fingerprint density at radius 3 is 2.95 bits per heavy atom. The molecule has 1 unspecified atom stereocenters. The first-order valence-corrected chi connectivity index (χ1v) is 6.10. The van der Waals surface area contributed by atoms with E-state index in [-0.39, 0.29) is 0 Å². The molecule has 1 heterocycles. The third kappa shape index (κ3) is 3.20. The number of carboxylic acid groups (broad SMARTS) is 1. The third-order valence-corrected chi connectivity index (χ3v) is 2.80. The van der Waals surface area contributed by atoms with Crippen molar-refractivity contribution in [2.45, 2.75) is 12.5 Å². The number of para-hydroxylation sites is 1. The molecule has 0 aliphatic carbocycles. The maximum absolute atomic E-state index is 11.2. The van der Waals surface area contributed by atoms with Crippen LogP contribution in [0.15, 0.2) is 36.5 Å². The Bertz CT molecular complexity index is 566. The number of hydrogen-bond donors (Lipinski definition) is 2. The number of pyridine rings is 1. The summed E-state index contributed by atoms with van der Waals surface area (Å²) in [6, 6.07) is 9.24. The summed E-state index contributed by atoms with van der Waals surface area (Å²) < 4.78 is 5.59. The first-order valence-electron chi connectivity index (χ1n) is 6.10. The van der Waals surface area contributed by atoms with E-state index in [0.717, 1.165) is 5.39 Å². The smallest absolute Gasteiger partial charge is 0.344 e. The molecule has 2 rings (SSSR count). The minimum atomic E-state index is -0.969. The van der Waals surface area contributed by atoms with Crippen molar-refractivity contribution in [2.24, 2.45) is 0 Å². The minimum Gasteiger partial charge on any atom is -0.479 e. The molecule has 1 aromatic carbocycles. The number of aromatic nitrogens is 1. The van der Waals surface area contributed by atoms with Crippen LogP contribution in [-0.2, 0) is 4.79 Å². The second-order valence-corrected chi connectivity index (χ2v) is 4.17. The zero-order valence-corrected chi connectivity index (χ0v) is 10.7. The van der Waals surface area contributed by atoms with Crippen LogP contribution in [0.5, 0.6) is 5.75 Å². The van der Waals surface area contributed by atoms with E-state index in [1.165, 1.54) is 0 Å². The van der Waals surface area contributed by atoms with Crippen LogP contribution >= 0.6 is 0 Å². The lowest BCUT2D eigenvalue weighted by molar-refractivity contribution is -0.145. The van der Waals surface area contributed by atoms with E-state index in [0.29, 0.717) is 24.2 Å². The van der Waals surface area contributed by atoms with E-state index in [4.69, 9.17) is 9.84 Å². The molecule has 0 saturated carbocycles. The molecule has 100 valence electrons. The van der Waals surface area contributed by atoms with Crippen molar-refractivity contribution >= 4 is 16.9 Å². The van der Waals surface area contributed by atoms with Gasteiger partial charge in [0, 0.05) is 18.0 Å². The van der Waals surface area contributed by atoms with Gasteiger partial charge in [0.15, 0.2) is 6.10 Å². The van der Waals surface area contributed by atoms with E-state index >= 15 is 0 Å². The fourth-order valence-corrected chi connectivity index (χ4v) is 1.83. The zero-order chi connectivity index (χ0) is 13.7. The van der Waals surface area contributed by atoms with Crippen molar-refractivity contribution in [1.29, 1.82) is 0 Å². The average Bonchev–Trinajstić information content (AvgIpc) is 2.43. The summed E-state index contributed by atoms with van der Waals surface area (Å²) in [5.74, 6) is -0.468. The number of hydrogen-bond acceptors (Lipinski definition) is 4. The van der Waals surface area contributed by atoms with Gasteiger partial charge < -0.3 is 15.2 Å². The van der Waals surface area contributed by atoms with E-state index < -0.39 is 12.1 Å². The number of aliphatic carboxylic acids is 1. The number of carbonyl (C=O) groups is 1. The predicted molar refractivity (Wildman–Crippen MR) is 72.3 cm³/mol. The third-order valence-electron chi connectivity index (χ3n) is 2.80. The van der Waals surface area contributed by atoms with E-state index in [1.807, 2.05) is 24.3 Å². The molecule has 5 nitrogen and oxygen atoms in total. The Morgan fingerprint density at radius 2 is 2.21 bits per heavy atom. The number of nitrogens with one attached hydrogen (secondary N) is 1. The second-order valence-electron chi connectivity index (χ2n) is 4.17. The molecule has 0 aliphatic heterocycles. The Hall–Kier alpha value is -2.14. The van der Waals surface area contributed by atoms with Gasteiger partial charge in [0.1, 0.15) is 11.3 Å². The van der Waals surface area contributed by atoms with Gasteiger partial charge in [-0.15, -0.1) is 0 Å². The van der Waals surface area contributed by atoms with Gasteiger partial charge in [-0.2, -0.15) is 0 Å². The zero-order valence-electron chi connectivity index (χ0n) is 10.7. The Kier molecular flexibility index (Phi) is 4.30. The molecule has 0 spiro atoms. The van der Waals surface area contributed by atoms with Crippen LogP contribution in [0.3, 0.4) is 0 Å². The highest BCUT2D eigenvalue weighted by molar-refractivity contribution is 5.84. The Morgan fingerprint density at radius 1 is 1.42 bits per heavy atom. The van der Waals surface area contributed by atoms with Gasteiger partial charge in [0.2, 0.25) is 0 Å². The lowest BCUT2D eigenvalue weighted by atomic mass is 10.2. The fraction of sp³-hybridized carbons (Fsp3) is 0.286. The lowest BCUT2D eigenvalue weighted by Crippen LogP contribution is -2.30. The summed E-state index contributed by atoms with van der Waals surface area (Å²) in [5, 5.41) is 13.0. The predicted octanol–water partition coefficient (Wildman–Crippen LogP) is 1.68. The first kappa shape index (κ1) is 13.3. The van der Waals surface area contributed by atoms with Gasteiger partial charge >= 0.3 is 5.97 Å².